The molecule has 1 N–H and O–H groups in total. The molecule has 18 heavy (non-hydrogen) atoms. The van der Waals surface area contributed by atoms with Gasteiger partial charge >= 0.3 is 0 Å². The summed E-state index contributed by atoms with van der Waals surface area (Å²) in [5.41, 5.74) is 2.72. The molecular weight excluding hydrogens is 308 g/mol. The lowest BCUT2D eigenvalue weighted by atomic mass is 10.0. The van der Waals surface area contributed by atoms with Crippen LogP contribution < -0.4 is 10.2 Å². The molecule has 4 heteroatoms. The SMILES string of the molecule is CNC(C)c1ccc(Br)cc1N(C)C1CCSC1. The summed E-state index contributed by atoms with van der Waals surface area (Å²) < 4.78 is 1.15. The molecule has 1 aromatic carbocycles. The van der Waals surface area contributed by atoms with E-state index in [0.717, 1.165) is 4.47 Å². The molecule has 0 radical (unpaired) electrons. The van der Waals surface area contributed by atoms with Gasteiger partial charge in [0.1, 0.15) is 0 Å². The molecule has 2 nitrogen and oxygen atoms in total. The van der Waals surface area contributed by atoms with Crippen LogP contribution in [0.25, 0.3) is 0 Å². The third-order valence-corrected chi connectivity index (χ3v) is 5.36. The molecule has 0 amide bonds. The van der Waals surface area contributed by atoms with Crippen LogP contribution in [0.2, 0.25) is 0 Å². The Labute approximate surface area is 123 Å². The summed E-state index contributed by atoms with van der Waals surface area (Å²) in [5, 5.41) is 3.34. The topological polar surface area (TPSA) is 15.3 Å². The summed E-state index contributed by atoms with van der Waals surface area (Å²) >= 11 is 5.65. The van der Waals surface area contributed by atoms with Gasteiger partial charge in [0.2, 0.25) is 0 Å². The van der Waals surface area contributed by atoms with Gasteiger partial charge < -0.3 is 10.2 Å². The standard InChI is InChI=1S/C14H21BrN2S/c1-10(16-2)13-5-4-11(15)8-14(13)17(3)12-6-7-18-9-12/h4-5,8,10,12,16H,6-7,9H2,1-3H3. The van der Waals surface area contributed by atoms with Crippen LogP contribution in [0.15, 0.2) is 22.7 Å². The minimum absolute atomic E-state index is 0.379. The average molecular weight is 329 g/mol. The van der Waals surface area contributed by atoms with Gasteiger partial charge in [0.25, 0.3) is 0 Å². The third-order valence-electron chi connectivity index (χ3n) is 3.73. The van der Waals surface area contributed by atoms with Crippen molar-refractivity contribution in [1.82, 2.24) is 5.32 Å². The van der Waals surface area contributed by atoms with Gasteiger partial charge in [-0.25, -0.2) is 0 Å². The normalized spacial score (nSPS) is 21.0. The van der Waals surface area contributed by atoms with E-state index in [-0.39, 0.29) is 0 Å². The fourth-order valence-electron chi connectivity index (χ4n) is 2.37. The minimum Gasteiger partial charge on any atom is -0.370 e. The molecule has 1 aliphatic heterocycles. The number of nitrogens with zero attached hydrogens (tertiary/aromatic N) is 1. The van der Waals surface area contributed by atoms with Crippen LogP contribution in [0.4, 0.5) is 5.69 Å². The second-order valence-electron chi connectivity index (χ2n) is 4.84. The molecule has 0 aliphatic carbocycles. The Bertz CT molecular complexity index is 405. The number of thioether (sulfide) groups is 1. The van der Waals surface area contributed by atoms with Gasteiger partial charge in [0, 0.05) is 35.0 Å². The third kappa shape index (κ3) is 3.03. The second kappa shape index (κ2) is 6.31. The Balaban J connectivity index is 2.31. The zero-order chi connectivity index (χ0) is 13.1. The lowest BCUT2D eigenvalue weighted by Gasteiger charge is -2.30. The minimum atomic E-state index is 0.379. The number of rotatable bonds is 4. The van der Waals surface area contributed by atoms with E-state index >= 15 is 0 Å². The molecule has 1 aromatic rings. The smallest absolute Gasteiger partial charge is 0.0426 e. The van der Waals surface area contributed by atoms with Crippen LogP contribution in [-0.4, -0.2) is 31.6 Å². The highest BCUT2D eigenvalue weighted by Crippen LogP contribution is 2.33. The number of hydrogen-bond acceptors (Lipinski definition) is 3. The monoisotopic (exact) mass is 328 g/mol. The van der Waals surface area contributed by atoms with E-state index in [1.54, 1.807) is 0 Å². The molecule has 0 bridgehead atoms. The molecular formula is C14H21BrN2S. The first-order valence-electron chi connectivity index (χ1n) is 6.40. The highest BCUT2D eigenvalue weighted by molar-refractivity contribution is 9.10. The van der Waals surface area contributed by atoms with Crippen LogP contribution >= 0.6 is 27.7 Å². The van der Waals surface area contributed by atoms with E-state index in [9.17, 15) is 0 Å². The highest BCUT2D eigenvalue weighted by Gasteiger charge is 2.23. The van der Waals surface area contributed by atoms with Gasteiger partial charge in [-0.2, -0.15) is 11.8 Å². The zero-order valence-electron chi connectivity index (χ0n) is 11.2. The number of anilines is 1. The van der Waals surface area contributed by atoms with Crippen molar-refractivity contribution >= 4 is 33.4 Å². The van der Waals surface area contributed by atoms with Crippen molar-refractivity contribution in [3.63, 3.8) is 0 Å². The van der Waals surface area contributed by atoms with Gasteiger partial charge in [-0.3, -0.25) is 0 Å². The Kier molecular flexibility index (Phi) is 4.98. The second-order valence-corrected chi connectivity index (χ2v) is 6.91. The summed E-state index contributed by atoms with van der Waals surface area (Å²) in [6, 6.07) is 7.65. The molecule has 2 atom stereocenters. The van der Waals surface area contributed by atoms with Crippen molar-refractivity contribution in [2.75, 3.05) is 30.5 Å². The van der Waals surface area contributed by atoms with E-state index < -0.39 is 0 Å². The van der Waals surface area contributed by atoms with Crippen molar-refractivity contribution in [3.8, 4) is 0 Å². The fourth-order valence-corrected chi connectivity index (χ4v) is 3.98. The van der Waals surface area contributed by atoms with Gasteiger partial charge in [-0.05, 0) is 43.8 Å². The van der Waals surface area contributed by atoms with E-state index in [4.69, 9.17) is 0 Å². The quantitative estimate of drug-likeness (QED) is 0.907. The van der Waals surface area contributed by atoms with Gasteiger partial charge in [0.05, 0.1) is 0 Å². The first-order valence-corrected chi connectivity index (χ1v) is 8.35. The van der Waals surface area contributed by atoms with Crippen molar-refractivity contribution in [3.05, 3.63) is 28.2 Å². The Morgan fingerprint density at radius 1 is 1.50 bits per heavy atom. The summed E-state index contributed by atoms with van der Waals surface area (Å²) in [5.74, 6) is 2.54. The maximum Gasteiger partial charge on any atom is 0.0426 e. The fraction of sp³-hybridized carbons (Fsp3) is 0.571. The van der Waals surface area contributed by atoms with Crippen LogP contribution in [0.5, 0.6) is 0 Å². The van der Waals surface area contributed by atoms with Crippen LogP contribution in [-0.2, 0) is 0 Å². The van der Waals surface area contributed by atoms with Crippen molar-refractivity contribution < 1.29 is 0 Å². The molecule has 0 saturated carbocycles. The van der Waals surface area contributed by atoms with Crippen LogP contribution in [0.1, 0.15) is 24.9 Å². The maximum absolute atomic E-state index is 3.59. The maximum atomic E-state index is 3.59. The Hall–Kier alpha value is -0.190. The van der Waals surface area contributed by atoms with Crippen LogP contribution in [0, 0.1) is 0 Å². The lowest BCUT2D eigenvalue weighted by molar-refractivity contribution is 0.638. The predicted octanol–water partition coefficient (Wildman–Crippen LogP) is 3.67. The number of benzene rings is 1. The molecule has 2 unspecified atom stereocenters. The summed E-state index contributed by atoms with van der Waals surface area (Å²) in [4.78, 5) is 2.45. The molecule has 1 aliphatic rings. The molecule has 0 aromatic heterocycles. The van der Waals surface area contributed by atoms with Crippen molar-refractivity contribution in [1.29, 1.82) is 0 Å². The van der Waals surface area contributed by atoms with Gasteiger partial charge in [0.15, 0.2) is 0 Å². The van der Waals surface area contributed by atoms with Gasteiger partial charge in [-0.15, -0.1) is 0 Å². The number of halogens is 1. The highest BCUT2D eigenvalue weighted by atomic mass is 79.9. The van der Waals surface area contributed by atoms with E-state index in [1.165, 1.54) is 29.2 Å². The van der Waals surface area contributed by atoms with Crippen molar-refractivity contribution in [2.24, 2.45) is 0 Å². The largest absolute Gasteiger partial charge is 0.370 e. The Morgan fingerprint density at radius 2 is 2.28 bits per heavy atom. The zero-order valence-corrected chi connectivity index (χ0v) is 13.6. The van der Waals surface area contributed by atoms with E-state index in [2.05, 4.69) is 70.1 Å². The summed E-state index contributed by atoms with van der Waals surface area (Å²) in [7, 11) is 4.24. The van der Waals surface area contributed by atoms with E-state index in [1.807, 2.05) is 7.05 Å². The van der Waals surface area contributed by atoms with Gasteiger partial charge in [-0.1, -0.05) is 22.0 Å². The molecule has 1 fully saturated rings. The molecule has 100 valence electrons. The lowest BCUT2D eigenvalue weighted by Crippen LogP contribution is -2.32. The first-order chi connectivity index (χ1) is 8.63. The summed E-state index contributed by atoms with van der Waals surface area (Å²) in [6.45, 7) is 2.21. The first kappa shape index (κ1) is 14.2. The predicted molar refractivity (Wildman–Crippen MR) is 85.7 cm³/mol. The Morgan fingerprint density at radius 3 is 2.89 bits per heavy atom. The average Bonchev–Trinajstić information content (AvgIpc) is 2.90. The van der Waals surface area contributed by atoms with E-state index in [0.29, 0.717) is 12.1 Å². The molecule has 1 heterocycles. The summed E-state index contributed by atoms with van der Waals surface area (Å²) in [6.07, 6.45) is 1.29. The number of hydrogen-bond donors (Lipinski definition) is 1. The van der Waals surface area contributed by atoms with Crippen LogP contribution in [0.3, 0.4) is 0 Å². The molecule has 0 spiro atoms. The molecule has 1 saturated heterocycles. The van der Waals surface area contributed by atoms with Crippen molar-refractivity contribution in [2.45, 2.75) is 25.4 Å². The molecule has 2 rings (SSSR count). The number of nitrogens with one attached hydrogen (secondary N) is 1.